The van der Waals surface area contributed by atoms with Gasteiger partial charge in [-0.15, -0.1) is 0 Å². The van der Waals surface area contributed by atoms with Gasteiger partial charge >= 0.3 is 5.97 Å². The second kappa shape index (κ2) is 13.2. The Labute approximate surface area is 257 Å². The summed E-state index contributed by atoms with van der Waals surface area (Å²) in [6, 6.07) is 18.9. The Bertz CT molecular complexity index is 1390. The summed E-state index contributed by atoms with van der Waals surface area (Å²) in [6.07, 6.45) is 3.05. The summed E-state index contributed by atoms with van der Waals surface area (Å²) < 4.78 is 7.62. The van der Waals surface area contributed by atoms with E-state index in [1.54, 1.807) is 7.11 Å². The lowest BCUT2D eigenvalue weighted by atomic mass is 9.85. The Morgan fingerprint density at radius 2 is 1.81 bits per heavy atom. The van der Waals surface area contributed by atoms with Crippen LogP contribution in [0, 0.1) is 18.3 Å². The predicted molar refractivity (Wildman–Crippen MR) is 172 cm³/mol. The van der Waals surface area contributed by atoms with Crippen LogP contribution in [0.4, 0.5) is 0 Å². The highest BCUT2D eigenvalue weighted by Gasteiger charge is 2.44. The molecule has 3 aromatic rings. The topological polar surface area (TPSA) is 70.8 Å². The first-order valence-electron chi connectivity index (χ1n) is 16.0. The van der Waals surface area contributed by atoms with E-state index in [-0.39, 0.29) is 5.41 Å². The van der Waals surface area contributed by atoms with E-state index >= 15 is 0 Å². The number of benzene rings is 2. The zero-order valence-corrected chi connectivity index (χ0v) is 26.9. The molecule has 232 valence electrons. The summed E-state index contributed by atoms with van der Waals surface area (Å²) in [7, 11) is 1.71. The van der Waals surface area contributed by atoms with Crippen molar-refractivity contribution in [3.8, 4) is 5.75 Å². The quantitative estimate of drug-likeness (QED) is 0.305. The molecule has 1 N–H and O–H groups in total. The third-order valence-corrected chi connectivity index (χ3v) is 9.54. The molecule has 2 aromatic carbocycles. The lowest BCUT2D eigenvalue weighted by Gasteiger charge is -2.36. The van der Waals surface area contributed by atoms with Crippen LogP contribution in [-0.2, 0) is 17.8 Å². The Hall–Kier alpha value is -3.16. The Morgan fingerprint density at radius 1 is 1.07 bits per heavy atom. The number of methoxy groups -OCH3 is 1. The molecule has 7 heteroatoms. The summed E-state index contributed by atoms with van der Waals surface area (Å²) in [5.74, 6) is 1.41. The molecule has 0 radical (unpaired) electrons. The van der Waals surface area contributed by atoms with E-state index in [4.69, 9.17) is 9.84 Å². The van der Waals surface area contributed by atoms with Gasteiger partial charge in [-0.3, -0.25) is 14.4 Å². The van der Waals surface area contributed by atoms with Gasteiger partial charge in [0.25, 0.3) is 0 Å². The number of likely N-dealkylation sites (tertiary alicyclic amines) is 2. The molecule has 43 heavy (non-hydrogen) atoms. The molecule has 2 saturated heterocycles. The van der Waals surface area contributed by atoms with E-state index in [2.05, 4.69) is 91.6 Å². The first-order valence-corrected chi connectivity index (χ1v) is 16.0. The predicted octanol–water partition coefficient (Wildman–Crippen LogP) is 6.21. The third-order valence-electron chi connectivity index (χ3n) is 9.54. The van der Waals surface area contributed by atoms with Crippen LogP contribution in [0.2, 0.25) is 0 Å². The molecule has 0 saturated carbocycles. The number of nitrogens with zero attached hydrogens (tertiary/aromatic N) is 4. The molecule has 0 bridgehead atoms. The number of aryl methyl sites for hydroxylation is 2. The van der Waals surface area contributed by atoms with Gasteiger partial charge in [0.2, 0.25) is 0 Å². The number of rotatable bonds is 10. The van der Waals surface area contributed by atoms with Crippen molar-refractivity contribution in [1.29, 1.82) is 0 Å². The van der Waals surface area contributed by atoms with Crippen LogP contribution in [0.5, 0.6) is 5.75 Å². The first kappa shape index (κ1) is 31.3. The number of carboxylic acids is 1. The van der Waals surface area contributed by atoms with Crippen LogP contribution in [0.3, 0.4) is 0 Å². The van der Waals surface area contributed by atoms with E-state index < -0.39 is 12.0 Å². The lowest BCUT2D eigenvalue weighted by molar-refractivity contribution is -0.147. The Morgan fingerprint density at radius 3 is 2.47 bits per heavy atom. The Kier molecular flexibility index (Phi) is 9.62. The van der Waals surface area contributed by atoms with Gasteiger partial charge in [0.05, 0.1) is 12.8 Å². The minimum atomic E-state index is -0.713. The van der Waals surface area contributed by atoms with Crippen molar-refractivity contribution in [2.24, 2.45) is 11.3 Å². The summed E-state index contributed by atoms with van der Waals surface area (Å²) in [5.41, 5.74) is 5.97. The second-order valence-corrected chi connectivity index (χ2v) is 13.8. The zero-order valence-electron chi connectivity index (χ0n) is 26.9. The fourth-order valence-corrected chi connectivity index (χ4v) is 7.54. The molecule has 7 nitrogen and oxygen atoms in total. The van der Waals surface area contributed by atoms with Gasteiger partial charge in [-0.2, -0.15) is 5.10 Å². The summed E-state index contributed by atoms with van der Waals surface area (Å²) in [6.45, 7) is 16.1. The molecule has 2 aliphatic rings. The number of carbonyl (C=O) groups is 1. The van der Waals surface area contributed by atoms with Gasteiger partial charge in [0, 0.05) is 50.1 Å². The van der Waals surface area contributed by atoms with Crippen molar-refractivity contribution in [3.63, 3.8) is 0 Å². The van der Waals surface area contributed by atoms with Crippen LogP contribution in [0.25, 0.3) is 0 Å². The normalized spacial score (nSPS) is 21.3. The fourth-order valence-electron chi connectivity index (χ4n) is 7.54. The number of aliphatic carboxylic acids is 1. The van der Waals surface area contributed by atoms with Crippen molar-refractivity contribution >= 4 is 5.97 Å². The van der Waals surface area contributed by atoms with Crippen LogP contribution >= 0.6 is 0 Å². The van der Waals surface area contributed by atoms with E-state index in [1.165, 1.54) is 22.4 Å². The SMILES string of the molecule is CCn1nc(Cc2cccc(OC)c2)cc1C1CCN(C[C@H]2CN([C@@H](C(=O)O)C(C)(C)C)C[C@@H]2c2cccc(C)c2)CC1. The largest absolute Gasteiger partial charge is 0.497 e. The number of hydrogen-bond donors (Lipinski definition) is 1. The number of piperidine rings is 1. The molecule has 2 fully saturated rings. The van der Waals surface area contributed by atoms with Gasteiger partial charge in [0.15, 0.2) is 0 Å². The molecular weight excluding hydrogens is 536 g/mol. The number of ether oxygens (including phenoxy) is 1. The van der Waals surface area contributed by atoms with Crippen molar-refractivity contribution in [2.45, 2.75) is 78.3 Å². The maximum absolute atomic E-state index is 12.4. The van der Waals surface area contributed by atoms with Crippen LogP contribution < -0.4 is 4.74 Å². The molecule has 0 amide bonds. The average molecular weight is 587 g/mol. The molecule has 1 aromatic heterocycles. The van der Waals surface area contributed by atoms with Gasteiger partial charge < -0.3 is 14.7 Å². The first-order chi connectivity index (χ1) is 20.5. The van der Waals surface area contributed by atoms with Crippen molar-refractivity contribution < 1.29 is 14.6 Å². The maximum atomic E-state index is 12.4. The number of aromatic nitrogens is 2. The summed E-state index contributed by atoms with van der Waals surface area (Å²) in [4.78, 5) is 17.3. The highest BCUT2D eigenvalue weighted by atomic mass is 16.5. The second-order valence-electron chi connectivity index (χ2n) is 13.8. The van der Waals surface area contributed by atoms with Crippen LogP contribution in [0.15, 0.2) is 54.6 Å². The number of carboxylic acid groups (broad SMARTS) is 1. The van der Waals surface area contributed by atoms with Crippen molar-refractivity contribution in [1.82, 2.24) is 19.6 Å². The minimum absolute atomic E-state index is 0.329. The highest BCUT2D eigenvalue weighted by Crippen LogP contribution is 2.39. The van der Waals surface area contributed by atoms with E-state index in [9.17, 15) is 9.90 Å². The van der Waals surface area contributed by atoms with Gasteiger partial charge in [-0.25, -0.2) is 0 Å². The standard InChI is InChI=1S/C36H50N4O3/c1-7-40-33(21-30(37-40)19-26-11-9-13-31(20-26)43-6)27-14-16-38(17-15-27)22-29-23-39(34(35(41)42)36(3,4)5)24-32(29)28-12-8-10-25(2)18-28/h8-13,18,20-21,27,29,32,34H,7,14-17,19,22-24H2,1-6H3,(H,41,42)/t29-,32+,34-/m0/s1. The third kappa shape index (κ3) is 7.32. The van der Waals surface area contributed by atoms with Crippen LogP contribution in [0.1, 0.15) is 80.5 Å². The molecular formula is C36H50N4O3. The van der Waals surface area contributed by atoms with Gasteiger partial charge in [-0.05, 0) is 80.4 Å². The Balaban J connectivity index is 1.27. The molecule has 3 heterocycles. The number of hydrogen-bond acceptors (Lipinski definition) is 5. The monoisotopic (exact) mass is 586 g/mol. The smallest absolute Gasteiger partial charge is 0.321 e. The fraction of sp³-hybridized carbons (Fsp3) is 0.556. The summed E-state index contributed by atoms with van der Waals surface area (Å²) >= 11 is 0. The zero-order chi connectivity index (χ0) is 30.7. The molecule has 3 atom stereocenters. The lowest BCUT2D eigenvalue weighted by Crippen LogP contribution is -2.48. The summed E-state index contributed by atoms with van der Waals surface area (Å²) in [5, 5.41) is 15.2. The highest BCUT2D eigenvalue weighted by molar-refractivity contribution is 5.74. The van der Waals surface area contributed by atoms with Gasteiger partial charge in [-0.1, -0.05) is 62.7 Å². The van der Waals surface area contributed by atoms with E-state index in [0.29, 0.717) is 17.8 Å². The van der Waals surface area contributed by atoms with Crippen molar-refractivity contribution in [2.75, 3.05) is 39.8 Å². The molecule has 2 aliphatic heterocycles. The maximum Gasteiger partial charge on any atom is 0.321 e. The van der Waals surface area contributed by atoms with E-state index in [1.807, 2.05) is 12.1 Å². The molecule has 0 spiro atoms. The van der Waals surface area contributed by atoms with Crippen LogP contribution in [-0.4, -0.2) is 76.5 Å². The van der Waals surface area contributed by atoms with Crippen molar-refractivity contribution in [3.05, 3.63) is 82.7 Å². The molecule has 0 aliphatic carbocycles. The minimum Gasteiger partial charge on any atom is -0.497 e. The average Bonchev–Trinajstić information content (AvgIpc) is 3.56. The van der Waals surface area contributed by atoms with Gasteiger partial charge in [0.1, 0.15) is 11.8 Å². The molecule has 5 rings (SSSR count). The van der Waals surface area contributed by atoms with E-state index in [0.717, 1.165) is 70.0 Å². The molecule has 0 unspecified atom stereocenters.